The van der Waals surface area contributed by atoms with E-state index in [4.69, 9.17) is 9.47 Å². The van der Waals surface area contributed by atoms with Gasteiger partial charge in [-0.1, -0.05) is 22.0 Å². The molecular formula is C22H33BrN2O6. The Bertz CT molecular complexity index is 731. The molecule has 0 aromatic carbocycles. The second-order valence-electron chi connectivity index (χ2n) is 8.75. The second kappa shape index (κ2) is 9.58. The van der Waals surface area contributed by atoms with Crippen molar-refractivity contribution in [1.82, 2.24) is 9.80 Å². The van der Waals surface area contributed by atoms with Crippen molar-refractivity contribution in [2.45, 2.75) is 68.6 Å². The summed E-state index contributed by atoms with van der Waals surface area (Å²) in [6.07, 6.45) is 2.71. The van der Waals surface area contributed by atoms with Crippen LogP contribution in [0.3, 0.4) is 0 Å². The number of rotatable bonds is 10. The van der Waals surface area contributed by atoms with Gasteiger partial charge in [0.25, 0.3) is 0 Å². The molecule has 3 rings (SSSR count). The number of alkyl halides is 1. The van der Waals surface area contributed by atoms with Crippen molar-refractivity contribution in [3.8, 4) is 0 Å². The van der Waals surface area contributed by atoms with E-state index in [0.29, 0.717) is 32.4 Å². The van der Waals surface area contributed by atoms with Gasteiger partial charge in [-0.15, -0.1) is 6.58 Å². The molecule has 8 nitrogen and oxygen atoms in total. The minimum atomic E-state index is -1.07. The van der Waals surface area contributed by atoms with Crippen LogP contribution in [0.15, 0.2) is 12.7 Å². The molecule has 6 atom stereocenters. The molecule has 3 aliphatic rings. The highest BCUT2D eigenvalue weighted by Crippen LogP contribution is 2.60. The van der Waals surface area contributed by atoms with E-state index < -0.39 is 35.6 Å². The summed E-state index contributed by atoms with van der Waals surface area (Å²) in [6.45, 7) is 10.2. The van der Waals surface area contributed by atoms with Gasteiger partial charge in [0.15, 0.2) is 0 Å². The second-order valence-corrected chi connectivity index (χ2v) is 9.93. The van der Waals surface area contributed by atoms with Gasteiger partial charge in [-0.3, -0.25) is 14.4 Å². The number of unbranched alkanes of at least 4 members (excludes halogenated alkanes) is 1. The Morgan fingerprint density at radius 1 is 1.45 bits per heavy atom. The molecule has 0 aromatic heterocycles. The normalized spacial score (nSPS) is 33.7. The van der Waals surface area contributed by atoms with Crippen LogP contribution in [0, 0.1) is 11.8 Å². The van der Waals surface area contributed by atoms with Gasteiger partial charge in [-0.05, 0) is 40.0 Å². The number of hydrogen-bond acceptors (Lipinski definition) is 6. The Balaban J connectivity index is 2.04. The highest BCUT2D eigenvalue weighted by Gasteiger charge is 2.77. The molecule has 3 aliphatic heterocycles. The average molecular weight is 501 g/mol. The first-order chi connectivity index (χ1) is 14.7. The predicted octanol–water partition coefficient (Wildman–Crippen LogP) is 1.49. The molecule has 3 unspecified atom stereocenters. The lowest BCUT2D eigenvalue weighted by Gasteiger charge is -2.38. The zero-order valence-corrected chi connectivity index (χ0v) is 20.0. The van der Waals surface area contributed by atoms with Crippen molar-refractivity contribution in [3.05, 3.63) is 12.7 Å². The fourth-order valence-corrected chi connectivity index (χ4v) is 6.35. The maximum atomic E-state index is 13.8. The topological polar surface area (TPSA) is 96.4 Å². The summed E-state index contributed by atoms with van der Waals surface area (Å²) in [6, 6.07) is -0.912. The van der Waals surface area contributed by atoms with E-state index in [1.807, 2.05) is 13.8 Å². The minimum Gasteiger partial charge on any atom is -0.466 e. The van der Waals surface area contributed by atoms with Crippen molar-refractivity contribution in [2.24, 2.45) is 11.8 Å². The van der Waals surface area contributed by atoms with Gasteiger partial charge in [0.05, 0.1) is 24.5 Å². The molecule has 3 heterocycles. The van der Waals surface area contributed by atoms with Crippen molar-refractivity contribution in [3.63, 3.8) is 0 Å². The molecule has 0 aromatic rings. The van der Waals surface area contributed by atoms with Crippen LogP contribution in [0.1, 0.15) is 40.0 Å². The molecular weight excluding hydrogens is 468 g/mol. The largest absolute Gasteiger partial charge is 0.466 e. The Hall–Kier alpha value is -1.45. The van der Waals surface area contributed by atoms with Gasteiger partial charge in [-0.25, -0.2) is 0 Å². The summed E-state index contributed by atoms with van der Waals surface area (Å²) in [5.74, 6) is -2.37. The number of ether oxygens (including phenoxy) is 2. The number of aliphatic hydroxyl groups is 1. The first kappa shape index (κ1) is 24.2. The number of nitrogens with zero attached hydrogens (tertiary/aromatic N) is 2. The lowest BCUT2D eigenvalue weighted by molar-refractivity contribution is -0.155. The molecule has 174 valence electrons. The molecule has 9 heteroatoms. The Labute approximate surface area is 192 Å². The first-order valence-electron chi connectivity index (χ1n) is 11.1. The molecule has 3 fully saturated rings. The lowest BCUT2D eigenvalue weighted by Crippen LogP contribution is -2.58. The highest BCUT2D eigenvalue weighted by atomic mass is 79.9. The average Bonchev–Trinajstić information content (AvgIpc) is 3.30. The third-order valence-corrected chi connectivity index (χ3v) is 7.47. The Morgan fingerprint density at radius 3 is 2.74 bits per heavy atom. The SMILES string of the molecule is C=CCN(C(=O)C1N(CCCCO)C(=O)[C@@H]2[C@H](C(=O)OCC)[C@H]3OC12CC3Br)C(C)C. The van der Waals surface area contributed by atoms with Crippen LogP contribution in [-0.4, -0.2) is 87.6 Å². The van der Waals surface area contributed by atoms with E-state index in [2.05, 4.69) is 22.5 Å². The monoisotopic (exact) mass is 500 g/mol. The van der Waals surface area contributed by atoms with E-state index in [1.165, 1.54) is 0 Å². The predicted molar refractivity (Wildman–Crippen MR) is 117 cm³/mol. The summed E-state index contributed by atoms with van der Waals surface area (Å²) in [7, 11) is 0. The maximum absolute atomic E-state index is 13.8. The van der Waals surface area contributed by atoms with Crippen LogP contribution in [0.4, 0.5) is 0 Å². The molecule has 0 radical (unpaired) electrons. The van der Waals surface area contributed by atoms with E-state index >= 15 is 0 Å². The minimum absolute atomic E-state index is 0.0112. The number of hydrogen-bond donors (Lipinski definition) is 1. The summed E-state index contributed by atoms with van der Waals surface area (Å²) in [5, 5.41) is 9.20. The zero-order valence-electron chi connectivity index (χ0n) is 18.5. The lowest BCUT2D eigenvalue weighted by atomic mass is 9.70. The third-order valence-electron chi connectivity index (χ3n) is 6.62. The molecule has 3 saturated heterocycles. The van der Waals surface area contributed by atoms with Crippen LogP contribution >= 0.6 is 15.9 Å². The summed E-state index contributed by atoms with van der Waals surface area (Å²) >= 11 is 3.63. The van der Waals surface area contributed by atoms with Crippen molar-refractivity contribution in [1.29, 1.82) is 0 Å². The standard InChI is InChI=1S/C22H33BrN2O6/c1-5-9-24(13(3)4)20(28)18-22-12-14(23)17(31-22)15(21(29)30-6-2)16(22)19(27)25(18)10-7-8-11-26/h5,13-18,26H,1,6-12H2,2-4H3/t14?,15-,16-,17-,18?,22?/m0/s1. The van der Waals surface area contributed by atoms with E-state index in [1.54, 1.807) is 22.8 Å². The van der Waals surface area contributed by atoms with Gasteiger partial charge in [-0.2, -0.15) is 0 Å². The van der Waals surface area contributed by atoms with Crippen molar-refractivity contribution >= 4 is 33.7 Å². The Kier molecular flexibility index (Phi) is 7.48. The number of likely N-dealkylation sites (tertiary alicyclic amines) is 1. The van der Waals surface area contributed by atoms with E-state index in [9.17, 15) is 19.5 Å². The van der Waals surface area contributed by atoms with Crippen molar-refractivity contribution < 1.29 is 29.0 Å². The van der Waals surface area contributed by atoms with Crippen LogP contribution in [0.25, 0.3) is 0 Å². The van der Waals surface area contributed by atoms with Gasteiger partial charge in [0, 0.05) is 30.6 Å². The third kappa shape index (κ3) is 3.93. The summed E-state index contributed by atoms with van der Waals surface area (Å²) in [4.78, 5) is 43.4. The Morgan fingerprint density at radius 2 is 2.16 bits per heavy atom. The molecule has 2 amide bonds. The number of amides is 2. The fourth-order valence-electron chi connectivity index (χ4n) is 5.40. The van der Waals surface area contributed by atoms with Gasteiger partial charge in [0.1, 0.15) is 11.6 Å². The maximum Gasteiger partial charge on any atom is 0.312 e. The quantitative estimate of drug-likeness (QED) is 0.211. The van der Waals surface area contributed by atoms with E-state index in [0.717, 1.165) is 0 Å². The van der Waals surface area contributed by atoms with Crippen LogP contribution in [0.2, 0.25) is 0 Å². The number of fused-ring (bicyclic) bond motifs is 1. The van der Waals surface area contributed by atoms with Crippen LogP contribution in [0.5, 0.6) is 0 Å². The fraction of sp³-hybridized carbons (Fsp3) is 0.773. The van der Waals surface area contributed by atoms with Crippen molar-refractivity contribution in [2.75, 3.05) is 26.3 Å². The summed E-state index contributed by atoms with van der Waals surface area (Å²) < 4.78 is 11.7. The summed E-state index contributed by atoms with van der Waals surface area (Å²) in [5.41, 5.74) is -1.07. The molecule has 1 N–H and O–H groups in total. The van der Waals surface area contributed by atoms with E-state index in [-0.39, 0.29) is 35.9 Å². The molecule has 31 heavy (non-hydrogen) atoms. The molecule has 2 bridgehead atoms. The molecule has 0 saturated carbocycles. The number of aliphatic hydroxyl groups excluding tert-OH is 1. The van der Waals surface area contributed by atoms with Crippen LogP contribution in [-0.2, 0) is 23.9 Å². The van der Waals surface area contributed by atoms with Crippen LogP contribution < -0.4 is 0 Å². The van der Waals surface area contributed by atoms with Gasteiger partial charge in [0.2, 0.25) is 11.8 Å². The smallest absolute Gasteiger partial charge is 0.312 e. The number of esters is 1. The number of carbonyl (C=O) groups excluding carboxylic acids is 3. The number of carbonyl (C=O) groups is 3. The molecule has 0 aliphatic carbocycles. The van der Waals surface area contributed by atoms with Gasteiger partial charge < -0.3 is 24.4 Å². The number of halogens is 1. The van der Waals surface area contributed by atoms with Gasteiger partial charge >= 0.3 is 5.97 Å². The molecule has 1 spiro atoms. The zero-order chi connectivity index (χ0) is 22.9. The highest BCUT2D eigenvalue weighted by molar-refractivity contribution is 9.09. The first-order valence-corrected chi connectivity index (χ1v) is 12.0.